The first-order valence-electron chi connectivity index (χ1n) is 10.7. The fraction of sp³-hybridized carbons (Fsp3) is 0.333. The third-order valence-corrected chi connectivity index (χ3v) is 7.31. The summed E-state index contributed by atoms with van der Waals surface area (Å²) in [7, 11) is 0. The molecule has 2 aliphatic heterocycles. The maximum absolute atomic E-state index is 13.0. The SMILES string of the molecule is CC(C)(ON=C(C(=O)NC1C(=O)N2C=C(C[n+]3ccc(C(=O)[O-])cc3)CS[C@H]12)c1nsc(N)n1)C(=O)O. The lowest BCUT2D eigenvalue weighted by Crippen LogP contribution is -2.69. The van der Waals surface area contributed by atoms with Gasteiger partial charge in [-0.15, -0.1) is 11.8 Å². The van der Waals surface area contributed by atoms with Gasteiger partial charge in [-0.1, -0.05) is 5.16 Å². The van der Waals surface area contributed by atoms with Gasteiger partial charge in [0.25, 0.3) is 11.8 Å². The fourth-order valence-corrected chi connectivity index (χ4v) is 4.99. The number of anilines is 1. The number of β-lactam (4-membered cyclic amide) rings is 1. The Morgan fingerprint density at radius 3 is 2.68 bits per heavy atom. The molecule has 0 radical (unpaired) electrons. The maximum Gasteiger partial charge on any atom is 0.350 e. The number of carbonyl (C=O) groups excluding carboxylic acids is 3. The normalized spacial score (nSPS) is 19.4. The number of rotatable bonds is 9. The lowest BCUT2D eigenvalue weighted by molar-refractivity contribution is -0.689. The molecule has 4 rings (SSSR count). The molecule has 2 amide bonds. The molecule has 2 atom stereocenters. The molecule has 0 aliphatic carbocycles. The van der Waals surface area contributed by atoms with Crippen molar-refractivity contribution in [2.24, 2.45) is 5.16 Å². The second-order valence-electron chi connectivity index (χ2n) is 8.54. The molecule has 37 heavy (non-hydrogen) atoms. The van der Waals surface area contributed by atoms with E-state index >= 15 is 0 Å². The summed E-state index contributed by atoms with van der Waals surface area (Å²) in [5.74, 6) is -3.34. The van der Waals surface area contributed by atoms with Gasteiger partial charge in [0, 0.05) is 46.8 Å². The third kappa shape index (κ3) is 5.54. The first-order chi connectivity index (χ1) is 17.5. The van der Waals surface area contributed by atoms with E-state index in [2.05, 4.69) is 19.8 Å². The Balaban J connectivity index is 1.44. The van der Waals surface area contributed by atoms with E-state index in [1.165, 1.54) is 42.6 Å². The minimum absolute atomic E-state index is 0.0616. The number of hydrogen-bond donors (Lipinski definition) is 3. The number of hydrogen-bond acceptors (Lipinski definition) is 12. The van der Waals surface area contributed by atoms with Crippen LogP contribution in [-0.4, -0.2) is 71.6 Å². The number of carboxylic acid groups (broad SMARTS) is 2. The van der Waals surface area contributed by atoms with Crippen molar-refractivity contribution in [2.45, 2.75) is 37.4 Å². The average Bonchev–Trinajstić information content (AvgIpc) is 3.28. The van der Waals surface area contributed by atoms with Gasteiger partial charge in [-0.2, -0.15) is 9.36 Å². The number of thioether (sulfide) groups is 1. The number of nitrogen functional groups attached to an aromatic ring is 1. The molecule has 2 aliphatic rings. The number of amides is 2. The summed E-state index contributed by atoms with van der Waals surface area (Å²) in [5.41, 5.74) is 4.44. The van der Waals surface area contributed by atoms with Gasteiger partial charge in [-0.3, -0.25) is 9.59 Å². The number of aromatic nitrogens is 3. The molecular formula is C21H21N7O7S2. The smallest absolute Gasteiger partial charge is 0.350 e. The molecule has 1 fully saturated rings. The minimum Gasteiger partial charge on any atom is -0.545 e. The highest BCUT2D eigenvalue weighted by molar-refractivity contribution is 8.00. The molecular weight excluding hydrogens is 526 g/mol. The van der Waals surface area contributed by atoms with Crippen LogP contribution in [-0.2, 0) is 25.8 Å². The van der Waals surface area contributed by atoms with E-state index in [-0.39, 0.29) is 27.8 Å². The van der Waals surface area contributed by atoms with E-state index in [1.54, 1.807) is 23.2 Å². The Hall–Kier alpha value is -4.05. The zero-order valence-electron chi connectivity index (χ0n) is 19.5. The summed E-state index contributed by atoms with van der Waals surface area (Å²) in [6.07, 6.45) is 4.93. The molecule has 0 aromatic carbocycles. The molecule has 194 valence electrons. The van der Waals surface area contributed by atoms with Crippen molar-refractivity contribution in [2.75, 3.05) is 11.5 Å². The van der Waals surface area contributed by atoms with Crippen LogP contribution in [0.1, 0.15) is 30.0 Å². The van der Waals surface area contributed by atoms with Crippen molar-refractivity contribution in [3.05, 3.63) is 47.7 Å². The number of pyridine rings is 1. The lowest BCUT2D eigenvalue weighted by Gasteiger charge is -2.47. The zero-order valence-corrected chi connectivity index (χ0v) is 21.1. The van der Waals surface area contributed by atoms with Crippen molar-refractivity contribution in [1.82, 2.24) is 19.6 Å². The van der Waals surface area contributed by atoms with Gasteiger partial charge in [0.1, 0.15) is 11.4 Å². The van der Waals surface area contributed by atoms with Crippen LogP contribution in [0.2, 0.25) is 0 Å². The van der Waals surface area contributed by atoms with Gasteiger partial charge in [0.05, 0.1) is 5.97 Å². The molecule has 1 unspecified atom stereocenters. The van der Waals surface area contributed by atoms with Gasteiger partial charge in [-0.05, 0) is 13.8 Å². The highest BCUT2D eigenvalue weighted by Gasteiger charge is 2.50. The monoisotopic (exact) mass is 547 g/mol. The summed E-state index contributed by atoms with van der Waals surface area (Å²) in [4.78, 5) is 58.5. The van der Waals surface area contributed by atoms with Crippen molar-refractivity contribution in [3.8, 4) is 0 Å². The molecule has 4 heterocycles. The molecule has 2 aromatic heterocycles. The number of oxime groups is 1. The van der Waals surface area contributed by atoms with E-state index in [0.717, 1.165) is 17.1 Å². The van der Waals surface area contributed by atoms with Gasteiger partial charge >= 0.3 is 5.97 Å². The second-order valence-corrected chi connectivity index (χ2v) is 10.4. The number of carboxylic acids is 2. The van der Waals surface area contributed by atoms with E-state index in [4.69, 9.17) is 10.6 Å². The quantitative estimate of drug-likeness (QED) is 0.140. The highest BCUT2D eigenvalue weighted by atomic mass is 32.2. The standard InChI is InChI=1S/C21H21N7O7S2/c1-21(2,19(33)34)35-25-12(14-24-20(22)37-26-14)15(29)23-13-16(30)28-8-10(9-36-17(13)28)7-27-5-3-11(4-6-27)18(31)32/h3-6,8,13,17H,7,9H2,1-2H3,(H4-,22,23,24,26,29,31,32,33,34)/t13?,17-/m1/s1. The van der Waals surface area contributed by atoms with Crippen molar-refractivity contribution in [3.63, 3.8) is 0 Å². The number of aromatic carboxylic acids is 1. The van der Waals surface area contributed by atoms with Crippen LogP contribution in [0.15, 0.2) is 41.5 Å². The maximum atomic E-state index is 13.0. The lowest BCUT2D eigenvalue weighted by atomic mass is 10.1. The predicted molar refractivity (Wildman–Crippen MR) is 128 cm³/mol. The van der Waals surface area contributed by atoms with Crippen LogP contribution in [0, 0.1) is 0 Å². The first kappa shape index (κ1) is 26.0. The molecule has 16 heteroatoms. The van der Waals surface area contributed by atoms with E-state index < -0.39 is 35.2 Å². The minimum atomic E-state index is -1.74. The van der Waals surface area contributed by atoms with Crippen molar-refractivity contribution >= 4 is 57.9 Å². The van der Waals surface area contributed by atoms with Crippen molar-refractivity contribution in [1.29, 1.82) is 0 Å². The topological polar surface area (TPSA) is 204 Å². The Morgan fingerprint density at radius 2 is 2.08 bits per heavy atom. The first-order valence-corrected chi connectivity index (χ1v) is 12.5. The molecule has 0 bridgehead atoms. The molecule has 14 nitrogen and oxygen atoms in total. The van der Waals surface area contributed by atoms with Crippen LogP contribution in [0.5, 0.6) is 0 Å². The van der Waals surface area contributed by atoms with Crippen LogP contribution < -0.4 is 20.7 Å². The van der Waals surface area contributed by atoms with Crippen molar-refractivity contribution < 1.29 is 38.8 Å². The molecule has 4 N–H and O–H groups in total. The third-order valence-electron chi connectivity index (χ3n) is 5.39. The number of carbonyl (C=O) groups is 4. The van der Waals surface area contributed by atoms with E-state index in [9.17, 15) is 29.4 Å². The van der Waals surface area contributed by atoms with Crippen LogP contribution in [0.25, 0.3) is 0 Å². The number of nitrogens with one attached hydrogen (secondary N) is 1. The number of nitrogens with zero attached hydrogens (tertiary/aromatic N) is 5. The molecule has 2 aromatic rings. The number of fused-ring (bicyclic) bond motifs is 1. The summed E-state index contributed by atoms with van der Waals surface area (Å²) >= 11 is 2.25. The average molecular weight is 548 g/mol. The Labute approximate surface area is 218 Å². The second kappa shape index (κ2) is 10.1. The Morgan fingerprint density at radius 1 is 1.38 bits per heavy atom. The summed E-state index contributed by atoms with van der Waals surface area (Å²) in [6.45, 7) is 2.95. The molecule has 1 saturated heterocycles. The van der Waals surface area contributed by atoms with Crippen LogP contribution >= 0.6 is 23.3 Å². The zero-order chi connectivity index (χ0) is 26.9. The van der Waals surface area contributed by atoms with Crippen LogP contribution in [0.4, 0.5) is 5.13 Å². The van der Waals surface area contributed by atoms with Crippen LogP contribution in [0.3, 0.4) is 0 Å². The summed E-state index contributed by atoms with van der Waals surface area (Å²) in [6, 6.07) is 2.00. The van der Waals surface area contributed by atoms with E-state index in [0.29, 0.717) is 12.3 Å². The number of nitrogens with two attached hydrogens (primary N) is 1. The largest absolute Gasteiger partial charge is 0.545 e. The Kier molecular flexibility index (Phi) is 7.13. The van der Waals surface area contributed by atoms with Gasteiger partial charge in [0.2, 0.25) is 17.1 Å². The highest BCUT2D eigenvalue weighted by Crippen LogP contribution is 2.36. The predicted octanol–water partition coefficient (Wildman–Crippen LogP) is -1.66. The van der Waals surface area contributed by atoms with Gasteiger partial charge in [-0.25, -0.2) is 9.36 Å². The van der Waals surface area contributed by atoms with Gasteiger partial charge in [0.15, 0.2) is 24.1 Å². The summed E-state index contributed by atoms with van der Waals surface area (Å²) < 4.78 is 5.71. The summed E-state index contributed by atoms with van der Waals surface area (Å²) in [5, 5.41) is 26.1. The van der Waals surface area contributed by atoms with E-state index in [1.807, 2.05) is 0 Å². The number of aliphatic carboxylic acids is 1. The van der Waals surface area contributed by atoms with Gasteiger partial charge < -0.3 is 35.8 Å². The molecule has 0 saturated carbocycles. The fourth-order valence-electron chi connectivity index (χ4n) is 3.30. The molecule has 0 spiro atoms. The Bertz CT molecular complexity index is 1320.